The van der Waals surface area contributed by atoms with Crippen molar-refractivity contribution in [3.05, 3.63) is 30.3 Å². The molecule has 1 amide bonds. The molecule has 2 N–H and O–H groups in total. The Hall–Kier alpha value is -1.05. The van der Waals surface area contributed by atoms with E-state index in [0.29, 0.717) is 24.6 Å². The minimum Gasteiger partial charge on any atom is -0.354 e. The molecule has 0 aromatic heterocycles. The van der Waals surface area contributed by atoms with Gasteiger partial charge in [-0.25, -0.2) is 8.42 Å². The smallest absolute Gasteiger partial charge is 0.241 e. The number of carbonyl (C=O) groups excluding carboxylic acids is 1. The minimum atomic E-state index is -3.69. The fraction of sp³-hybridized carbons (Fsp3) is 0.533. The highest BCUT2D eigenvalue weighted by molar-refractivity contribution is 7.98. The summed E-state index contributed by atoms with van der Waals surface area (Å²) < 4.78 is 27.2. The topological polar surface area (TPSA) is 75.3 Å². The highest BCUT2D eigenvalue weighted by atomic mass is 32.2. The second kappa shape index (κ2) is 9.17. The Morgan fingerprint density at radius 1 is 1.23 bits per heavy atom. The highest BCUT2D eigenvalue weighted by Crippen LogP contribution is 2.10. The third-order valence-corrected chi connectivity index (χ3v) is 5.09. The van der Waals surface area contributed by atoms with Crippen LogP contribution in [0.3, 0.4) is 0 Å². The van der Waals surface area contributed by atoms with Crippen molar-refractivity contribution in [2.24, 2.45) is 5.92 Å². The number of hydrogen-bond donors (Lipinski definition) is 2. The summed E-state index contributed by atoms with van der Waals surface area (Å²) in [6, 6.07) is 7.34. The summed E-state index contributed by atoms with van der Waals surface area (Å²) in [5.74, 6) is 0.745. The molecule has 1 atom stereocenters. The van der Waals surface area contributed by atoms with Crippen molar-refractivity contribution < 1.29 is 13.2 Å². The van der Waals surface area contributed by atoms with E-state index in [9.17, 15) is 13.2 Å². The largest absolute Gasteiger partial charge is 0.354 e. The van der Waals surface area contributed by atoms with E-state index < -0.39 is 16.1 Å². The molecular formula is C15H24N2O3S2. The van der Waals surface area contributed by atoms with Crippen molar-refractivity contribution in [1.82, 2.24) is 10.0 Å². The Bertz CT molecular complexity index is 559. The highest BCUT2D eigenvalue weighted by Gasteiger charge is 2.25. The van der Waals surface area contributed by atoms with Gasteiger partial charge in [-0.05, 0) is 36.5 Å². The van der Waals surface area contributed by atoms with Gasteiger partial charge in [0.05, 0.1) is 4.90 Å². The monoisotopic (exact) mass is 344 g/mol. The lowest BCUT2D eigenvalue weighted by atomic mass is 10.2. The quantitative estimate of drug-likeness (QED) is 0.717. The van der Waals surface area contributed by atoms with Gasteiger partial charge in [0, 0.05) is 6.54 Å². The van der Waals surface area contributed by atoms with Crippen LogP contribution in [0.5, 0.6) is 0 Å². The molecule has 0 aliphatic rings. The van der Waals surface area contributed by atoms with Crippen molar-refractivity contribution in [3.63, 3.8) is 0 Å². The maximum atomic E-state index is 12.4. The van der Waals surface area contributed by atoms with Crippen LogP contribution >= 0.6 is 11.8 Å². The van der Waals surface area contributed by atoms with Gasteiger partial charge in [-0.15, -0.1) is 0 Å². The van der Waals surface area contributed by atoms with Gasteiger partial charge in [0.1, 0.15) is 6.04 Å². The molecule has 1 aromatic carbocycles. The molecule has 0 saturated carbocycles. The maximum absolute atomic E-state index is 12.4. The summed E-state index contributed by atoms with van der Waals surface area (Å²) in [5.41, 5.74) is 0. The zero-order valence-electron chi connectivity index (χ0n) is 13.2. The molecule has 1 aromatic rings. The minimum absolute atomic E-state index is 0.167. The Kier molecular flexibility index (Phi) is 7.92. The molecule has 0 aliphatic carbocycles. The summed E-state index contributed by atoms with van der Waals surface area (Å²) in [6.45, 7) is 4.51. The van der Waals surface area contributed by atoms with Gasteiger partial charge in [-0.3, -0.25) is 4.79 Å². The first-order chi connectivity index (χ1) is 10.4. The Morgan fingerprint density at radius 2 is 1.86 bits per heavy atom. The molecule has 0 saturated heterocycles. The van der Waals surface area contributed by atoms with E-state index >= 15 is 0 Å². The van der Waals surface area contributed by atoms with E-state index in [2.05, 4.69) is 10.0 Å². The average molecular weight is 345 g/mol. The molecule has 5 nitrogen and oxygen atoms in total. The van der Waals surface area contributed by atoms with Crippen molar-refractivity contribution in [2.75, 3.05) is 18.6 Å². The number of carbonyl (C=O) groups is 1. The first-order valence-electron chi connectivity index (χ1n) is 7.21. The standard InChI is InChI=1S/C15H24N2O3S2/c1-12(2)11-16-15(18)14(9-10-21-3)17-22(19,20)13-7-5-4-6-8-13/h4-8,12,14,17H,9-11H2,1-3H3,(H,16,18). The number of rotatable bonds is 9. The molecule has 0 spiro atoms. The maximum Gasteiger partial charge on any atom is 0.241 e. The van der Waals surface area contributed by atoms with E-state index in [1.165, 1.54) is 12.1 Å². The molecule has 1 rings (SSSR count). The average Bonchev–Trinajstić information content (AvgIpc) is 2.49. The van der Waals surface area contributed by atoms with E-state index in [4.69, 9.17) is 0 Å². The number of sulfonamides is 1. The predicted octanol–water partition coefficient (Wildman–Crippen LogP) is 1.86. The normalized spacial score (nSPS) is 13.1. The SMILES string of the molecule is CSCCC(NS(=O)(=O)c1ccccc1)C(=O)NCC(C)C. The fourth-order valence-electron chi connectivity index (χ4n) is 1.76. The summed E-state index contributed by atoms with van der Waals surface area (Å²) in [4.78, 5) is 12.4. The molecule has 1 unspecified atom stereocenters. The van der Waals surface area contributed by atoms with Gasteiger partial charge in [-0.2, -0.15) is 16.5 Å². The van der Waals surface area contributed by atoms with Gasteiger partial charge in [0.25, 0.3) is 0 Å². The van der Waals surface area contributed by atoms with Gasteiger partial charge in [0.2, 0.25) is 15.9 Å². The number of thioether (sulfide) groups is 1. The van der Waals surface area contributed by atoms with Crippen LogP contribution in [0.1, 0.15) is 20.3 Å². The first kappa shape index (κ1) is 19.0. The zero-order chi connectivity index (χ0) is 16.6. The van der Waals surface area contributed by atoms with E-state index in [1.807, 2.05) is 20.1 Å². The van der Waals surface area contributed by atoms with E-state index in [0.717, 1.165) is 0 Å². The van der Waals surface area contributed by atoms with Gasteiger partial charge < -0.3 is 5.32 Å². The molecular weight excluding hydrogens is 320 g/mol. The van der Waals surface area contributed by atoms with Gasteiger partial charge in [-0.1, -0.05) is 32.0 Å². The van der Waals surface area contributed by atoms with Crippen molar-refractivity contribution in [1.29, 1.82) is 0 Å². The van der Waals surface area contributed by atoms with Crippen LogP contribution < -0.4 is 10.0 Å². The molecule has 0 bridgehead atoms. The summed E-state index contributed by atoms with van der Waals surface area (Å²) >= 11 is 1.58. The van der Waals surface area contributed by atoms with Crippen molar-refractivity contribution in [3.8, 4) is 0 Å². The molecule has 22 heavy (non-hydrogen) atoms. The summed E-state index contributed by atoms with van der Waals surface area (Å²) in [7, 11) is -3.69. The molecule has 124 valence electrons. The van der Waals surface area contributed by atoms with Crippen LogP contribution in [-0.4, -0.2) is 38.9 Å². The van der Waals surface area contributed by atoms with Crippen LogP contribution in [0.25, 0.3) is 0 Å². The second-order valence-electron chi connectivity index (χ2n) is 5.41. The van der Waals surface area contributed by atoms with E-state index in [1.54, 1.807) is 30.0 Å². The Labute approximate surface area is 137 Å². The predicted molar refractivity (Wildman–Crippen MR) is 91.4 cm³/mol. The van der Waals surface area contributed by atoms with E-state index in [-0.39, 0.29) is 10.8 Å². The molecule has 0 heterocycles. The lowest BCUT2D eigenvalue weighted by Gasteiger charge is -2.19. The van der Waals surface area contributed by atoms with Gasteiger partial charge >= 0.3 is 0 Å². The third-order valence-electron chi connectivity index (χ3n) is 2.96. The van der Waals surface area contributed by atoms with Gasteiger partial charge in [0.15, 0.2) is 0 Å². The fourth-order valence-corrected chi connectivity index (χ4v) is 3.48. The van der Waals surface area contributed by atoms with Crippen LogP contribution in [0, 0.1) is 5.92 Å². The Balaban J connectivity index is 2.82. The molecule has 0 aliphatic heterocycles. The third kappa shape index (κ3) is 6.37. The second-order valence-corrected chi connectivity index (χ2v) is 8.11. The summed E-state index contributed by atoms with van der Waals surface area (Å²) in [6.07, 6.45) is 2.38. The lowest BCUT2D eigenvalue weighted by molar-refractivity contribution is -0.122. The first-order valence-corrected chi connectivity index (χ1v) is 10.1. The molecule has 7 heteroatoms. The zero-order valence-corrected chi connectivity index (χ0v) is 14.8. The number of nitrogens with one attached hydrogen (secondary N) is 2. The summed E-state index contributed by atoms with van der Waals surface area (Å²) in [5, 5.41) is 2.79. The lowest BCUT2D eigenvalue weighted by Crippen LogP contribution is -2.47. The van der Waals surface area contributed by atoms with Crippen molar-refractivity contribution >= 4 is 27.7 Å². The molecule has 0 radical (unpaired) electrons. The van der Waals surface area contributed by atoms with Crippen LogP contribution in [0.4, 0.5) is 0 Å². The van der Waals surface area contributed by atoms with Crippen LogP contribution in [0.15, 0.2) is 35.2 Å². The molecule has 0 fully saturated rings. The van der Waals surface area contributed by atoms with Crippen molar-refractivity contribution in [2.45, 2.75) is 31.2 Å². The van der Waals surface area contributed by atoms with Crippen LogP contribution in [0.2, 0.25) is 0 Å². The number of hydrogen-bond acceptors (Lipinski definition) is 4. The number of benzene rings is 1. The van der Waals surface area contributed by atoms with Crippen LogP contribution in [-0.2, 0) is 14.8 Å². The number of amides is 1. The Morgan fingerprint density at radius 3 is 2.41 bits per heavy atom.